The third-order valence-corrected chi connectivity index (χ3v) is 7.52. The number of carbonyl (C=O) groups is 1. The normalized spacial score (nSPS) is 11.5. The smallest absolute Gasteiger partial charge is 0.260 e. The number of thiazole rings is 1. The highest BCUT2D eigenvalue weighted by Gasteiger charge is 2.23. The molecular formula is C23H30ClN3O3S2. The van der Waals surface area contributed by atoms with Crippen molar-refractivity contribution < 1.29 is 13.2 Å². The zero-order chi connectivity index (χ0) is 22.6. The minimum Gasteiger partial charge on any atom is -0.302 e. The SMILES string of the molecule is CCc1ccc2nc(N(CCN(CC)CC)C(=O)c3cccc(S(C)(=O)=O)c3)sc2c1.Cl. The van der Waals surface area contributed by atoms with Gasteiger partial charge in [-0.15, -0.1) is 12.4 Å². The summed E-state index contributed by atoms with van der Waals surface area (Å²) in [6.45, 7) is 9.26. The Morgan fingerprint density at radius 1 is 1.03 bits per heavy atom. The number of halogens is 1. The molecule has 0 aliphatic carbocycles. The molecular weight excluding hydrogens is 466 g/mol. The van der Waals surface area contributed by atoms with Gasteiger partial charge in [0.15, 0.2) is 15.0 Å². The van der Waals surface area contributed by atoms with E-state index in [2.05, 4.69) is 37.8 Å². The molecule has 1 aromatic heterocycles. The van der Waals surface area contributed by atoms with E-state index in [0.717, 1.165) is 36.0 Å². The number of aryl methyl sites for hydroxylation is 1. The predicted molar refractivity (Wildman–Crippen MR) is 135 cm³/mol. The minimum absolute atomic E-state index is 0. The number of hydrogen-bond acceptors (Lipinski definition) is 6. The number of rotatable bonds is 9. The van der Waals surface area contributed by atoms with Gasteiger partial charge in [-0.2, -0.15) is 0 Å². The van der Waals surface area contributed by atoms with E-state index in [1.165, 1.54) is 29.0 Å². The summed E-state index contributed by atoms with van der Waals surface area (Å²) in [4.78, 5) is 22.3. The highest BCUT2D eigenvalue weighted by atomic mass is 35.5. The summed E-state index contributed by atoms with van der Waals surface area (Å²) in [5.74, 6) is -0.243. The van der Waals surface area contributed by atoms with Crippen molar-refractivity contribution in [2.24, 2.45) is 0 Å². The Labute approximate surface area is 200 Å². The third-order valence-electron chi connectivity index (χ3n) is 5.37. The lowest BCUT2D eigenvalue weighted by Gasteiger charge is -2.24. The van der Waals surface area contributed by atoms with E-state index in [-0.39, 0.29) is 23.2 Å². The second-order valence-electron chi connectivity index (χ2n) is 7.44. The summed E-state index contributed by atoms with van der Waals surface area (Å²) in [6.07, 6.45) is 2.08. The summed E-state index contributed by atoms with van der Waals surface area (Å²) in [7, 11) is -3.40. The molecule has 0 saturated heterocycles. The van der Waals surface area contributed by atoms with Gasteiger partial charge in [0.05, 0.1) is 15.1 Å². The Balaban J connectivity index is 0.00000363. The topological polar surface area (TPSA) is 70.6 Å². The molecule has 0 N–H and O–H groups in total. The predicted octanol–water partition coefficient (Wildman–Crippen LogP) is 4.67. The molecule has 0 atom stereocenters. The number of amides is 1. The number of benzene rings is 2. The van der Waals surface area contributed by atoms with Crippen LogP contribution in [0.25, 0.3) is 10.2 Å². The highest BCUT2D eigenvalue weighted by Crippen LogP contribution is 2.31. The number of hydrogen-bond donors (Lipinski definition) is 0. The average molecular weight is 496 g/mol. The summed E-state index contributed by atoms with van der Waals surface area (Å²) < 4.78 is 25.0. The van der Waals surface area contributed by atoms with Crippen molar-refractivity contribution in [1.82, 2.24) is 9.88 Å². The van der Waals surface area contributed by atoms with Gasteiger partial charge in [0, 0.05) is 24.9 Å². The van der Waals surface area contributed by atoms with Crippen LogP contribution in [0.3, 0.4) is 0 Å². The van der Waals surface area contributed by atoms with Gasteiger partial charge in [0.25, 0.3) is 5.91 Å². The second kappa shape index (κ2) is 11.2. The van der Waals surface area contributed by atoms with Gasteiger partial charge in [-0.25, -0.2) is 13.4 Å². The van der Waals surface area contributed by atoms with E-state index < -0.39 is 9.84 Å². The van der Waals surface area contributed by atoms with Gasteiger partial charge < -0.3 is 4.90 Å². The van der Waals surface area contributed by atoms with E-state index in [9.17, 15) is 13.2 Å². The van der Waals surface area contributed by atoms with E-state index in [4.69, 9.17) is 4.98 Å². The van der Waals surface area contributed by atoms with Gasteiger partial charge in [-0.05, 0) is 55.4 Å². The molecule has 6 nitrogen and oxygen atoms in total. The summed E-state index contributed by atoms with van der Waals surface area (Å²) in [6, 6.07) is 12.4. The van der Waals surface area contributed by atoms with Gasteiger partial charge in [-0.1, -0.05) is 44.2 Å². The van der Waals surface area contributed by atoms with Crippen LogP contribution in [0.15, 0.2) is 47.4 Å². The monoisotopic (exact) mass is 495 g/mol. The molecule has 0 unspecified atom stereocenters. The van der Waals surface area contributed by atoms with Crippen molar-refractivity contribution >= 4 is 54.8 Å². The summed E-state index contributed by atoms with van der Waals surface area (Å²) in [5.41, 5.74) is 2.43. The maximum atomic E-state index is 13.5. The van der Waals surface area contributed by atoms with E-state index in [1.54, 1.807) is 17.0 Å². The summed E-state index contributed by atoms with van der Waals surface area (Å²) in [5, 5.41) is 0.630. The third kappa shape index (κ3) is 6.07. The Hall–Kier alpha value is -2.00. The van der Waals surface area contributed by atoms with E-state index in [0.29, 0.717) is 23.8 Å². The molecule has 1 heterocycles. The summed E-state index contributed by atoms with van der Waals surface area (Å²) >= 11 is 1.49. The second-order valence-corrected chi connectivity index (χ2v) is 10.5. The number of likely N-dealkylation sites (N-methyl/N-ethyl adjacent to an activating group) is 1. The first-order chi connectivity index (χ1) is 14.8. The lowest BCUT2D eigenvalue weighted by atomic mass is 10.2. The average Bonchev–Trinajstić information content (AvgIpc) is 3.18. The molecule has 2 aromatic carbocycles. The molecule has 0 aliphatic heterocycles. The van der Waals surface area contributed by atoms with Crippen molar-refractivity contribution in [2.45, 2.75) is 32.1 Å². The molecule has 1 amide bonds. The van der Waals surface area contributed by atoms with Gasteiger partial charge in [-0.3, -0.25) is 9.69 Å². The van der Waals surface area contributed by atoms with Crippen LogP contribution in [-0.2, 0) is 16.3 Å². The van der Waals surface area contributed by atoms with Crippen LogP contribution in [0.2, 0.25) is 0 Å². The van der Waals surface area contributed by atoms with Crippen molar-refractivity contribution in [3.8, 4) is 0 Å². The molecule has 0 saturated carbocycles. The Morgan fingerprint density at radius 2 is 1.75 bits per heavy atom. The maximum absolute atomic E-state index is 13.5. The van der Waals surface area contributed by atoms with Crippen LogP contribution in [0.5, 0.6) is 0 Å². The number of fused-ring (bicyclic) bond motifs is 1. The first-order valence-corrected chi connectivity index (χ1v) is 13.2. The van der Waals surface area contributed by atoms with Crippen molar-refractivity contribution in [2.75, 3.05) is 37.3 Å². The number of anilines is 1. The lowest BCUT2D eigenvalue weighted by Crippen LogP contribution is -2.38. The highest BCUT2D eigenvalue weighted by molar-refractivity contribution is 7.90. The van der Waals surface area contributed by atoms with Gasteiger partial charge in [0.1, 0.15) is 0 Å². The molecule has 3 rings (SSSR count). The van der Waals surface area contributed by atoms with Gasteiger partial charge >= 0.3 is 0 Å². The van der Waals surface area contributed by atoms with Crippen LogP contribution in [0, 0.1) is 0 Å². The molecule has 0 bridgehead atoms. The number of aromatic nitrogens is 1. The fourth-order valence-electron chi connectivity index (χ4n) is 3.37. The van der Waals surface area contributed by atoms with Gasteiger partial charge in [0.2, 0.25) is 0 Å². The minimum atomic E-state index is -3.40. The van der Waals surface area contributed by atoms with Crippen LogP contribution in [0.4, 0.5) is 5.13 Å². The van der Waals surface area contributed by atoms with E-state index >= 15 is 0 Å². The lowest BCUT2D eigenvalue weighted by molar-refractivity contribution is 0.0983. The molecule has 174 valence electrons. The molecule has 9 heteroatoms. The molecule has 3 aromatic rings. The van der Waals surface area contributed by atoms with Crippen LogP contribution < -0.4 is 4.90 Å². The van der Waals surface area contributed by atoms with Crippen molar-refractivity contribution in [3.05, 3.63) is 53.6 Å². The maximum Gasteiger partial charge on any atom is 0.260 e. The van der Waals surface area contributed by atoms with Crippen LogP contribution in [0.1, 0.15) is 36.7 Å². The molecule has 0 spiro atoms. The molecule has 0 aliphatic rings. The quantitative estimate of drug-likeness (QED) is 0.431. The number of sulfone groups is 1. The van der Waals surface area contributed by atoms with Crippen molar-refractivity contribution in [3.63, 3.8) is 0 Å². The first-order valence-electron chi connectivity index (χ1n) is 10.5. The zero-order valence-electron chi connectivity index (χ0n) is 18.9. The molecule has 0 fully saturated rings. The first kappa shape index (κ1) is 26.3. The van der Waals surface area contributed by atoms with Crippen molar-refractivity contribution in [1.29, 1.82) is 0 Å². The molecule has 32 heavy (non-hydrogen) atoms. The fourth-order valence-corrected chi connectivity index (χ4v) is 5.09. The van der Waals surface area contributed by atoms with E-state index in [1.807, 2.05) is 6.07 Å². The van der Waals surface area contributed by atoms with Crippen LogP contribution in [-0.4, -0.2) is 56.6 Å². The van der Waals surface area contributed by atoms with Crippen LogP contribution >= 0.6 is 23.7 Å². The largest absolute Gasteiger partial charge is 0.302 e. The Morgan fingerprint density at radius 3 is 2.38 bits per heavy atom. The number of carbonyl (C=O) groups excluding carboxylic acids is 1. The molecule has 0 radical (unpaired) electrons. The number of nitrogens with zero attached hydrogens (tertiary/aromatic N) is 3. The zero-order valence-corrected chi connectivity index (χ0v) is 21.3. The standard InChI is InChI=1S/C23H29N3O3S2.ClH/c1-5-17-11-12-20-21(15-17)30-23(24-20)26(14-13-25(6-2)7-3)22(27)18-9-8-10-19(16-18)31(4,28)29;/h8-12,15-16H,5-7,13-14H2,1-4H3;1H. The fraction of sp³-hybridized carbons (Fsp3) is 0.391. The Kier molecular flexibility index (Phi) is 9.21. The Bertz CT molecular complexity index is 1170.